The number of Topliss-reactive ketones (excluding diaryl/α,β-unsaturated/α-hetero) is 1. The number of fused-ring (bicyclic) bond motifs is 1. The number of carbonyl (C=O) groups excluding carboxylic acids is 1. The largest absolute Gasteiger partial charge is 0.483 e. The van der Waals surface area contributed by atoms with Crippen molar-refractivity contribution in [1.82, 2.24) is 0 Å². The van der Waals surface area contributed by atoms with Gasteiger partial charge in [-0.3, -0.25) is 4.79 Å². The lowest BCUT2D eigenvalue weighted by Crippen LogP contribution is -2.27. The summed E-state index contributed by atoms with van der Waals surface area (Å²) in [5, 5.41) is 0. The van der Waals surface area contributed by atoms with Crippen molar-refractivity contribution in [3.8, 4) is 5.75 Å². The molecule has 15 heavy (non-hydrogen) atoms. The smallest absolute Gasteiger partial charge is 0.159 e. The molecule has 2 nitrogen and oxygen atoms in total. The van der Waals surface area contributed by atoms with Crippen LogP contribution in [-0.2, 0) is 0 Å². The molecule has 0 spiro atoms. The minimum atomic E-state index is -0.289. The minimum Gasteiger partial charge on any atom is -0.483 e. The van der Waals surface area contributed by atoms with Crippen LogP contribution < -0.4 is 4.74 Å². The van der Waals surface area contributed by atoms with Crippen LogP contribution in [0.4, 0.5) is 0 Å². The lowest BCUT2D eigenvalue weighted by molar-refractivity contribution is 0.101. The molecule has 2 heteroatoms. The van der Waals surface area contributed by atoms with Gasteiger partial charge in [0.2, 0.25) is 0 Å². The van der Waals surface area contributed by atoms with Gasteiger partial charge in [0.15, 0.2) is 5.78 Å². The van der Waals surface area contributed by atoms with Gasteiger partial charge < -0.3 is 4.74 Å². The van der Waals surface area contributed by atoms with Crippen LogP contribution in [0.3, 0.4) is 0 Å². The topological polar surface area (TPSA) is 26.3 Å². The molecule has 0 radical (unpaired) electrons. The molecule has 0 atom stereocenters. The Kier molecular flexibility index (Phi) is 2.14. The van der Waals surface area contributed by atoms with Crippen LogP contribution in [0.2, 0.25) is 0 Å². The third-order valence-corrected chi connectivity index (χ3v) is 2.46. The van der Waals surface area contributed by atoms with E-state index in [9.17, 15) is 4.79 Å². The molecule has 1 aromatic carbocycles. The Bertz CT molecular complexity index is 442. The van der Waals surface area contributed by atoms with Crippen molar-refractivity contribution in [3.63, 3.8) is 0 Å². The Hall–Kier alpha value is -1.57. The molecule has 0 aliphatic carbocycles. The van der Waals surface area contributed by atoms with E-state index >= 15 is 0 Å². The second-order valence-corrected chi connectivity index (χ2v) is 4.35. The average molecular weight is 202 g/mol. The van der Waals surface area contributed by atoms with Crippen LogP contribution in [0.5, 0.6) is 5.75 Å². The summed E-state index contributed by atoms with van der Waals surface area (Å²) >= 11 is 0. The van der Waals surface area contributed by atoms with E-state index in [0.717, 1.165) is 11.3 Å². The summed E-state index contributed by atoms with van der Waals surface area (Å²) in [6.07, 6.45) is 4.05. The standard InChI is InChI=1S/C13H14O2/c1-9(14)11-5-4-10-6-7-13(2,3)15-12(10)8-11/h4-8H,1-3H3. The number of ketones is 1. The molecule has 1 aromatic rings. The molecule has 1 aliphatic rings. The molecule has 0 N–H and O–H groups in total. The summed E-state index contributed by atoms with van der Waals surface area (Å²) in [5.41, 5.74) is 1.43. The van der Waals surface area contributed by atoms with Crippen LogP contribution in [0.1, 0.15) is 36.7 Å². The zero-order valence-electron chi connectivity index (χ0n) is 9.20. The van der Waals surface area contributed by atoms with E-state index in [4.69, 9.17) is 4.74 Å². The zero-order valence-corrected chi connectivity index (χ0v) is 9.20. The molecule has 0 fully saturated rings. The first-order chi connectivity index (χ1) is 6.98. The molecular formula is C13H14O2. The molecule has 2 rings (SSSR count). The van der Waals surface area contributed by atoms with Crippen molar-refractivity contribution in [2.24, 2.45) is 0 Å². The Morgan fingerprint density at radius 1 is 1.33 bits per heavy atom. The SMILES string of the molecule is CC(=O)c1ccc2c(c1)OC(C)(C)C=C2. The number of benzene rings is 1. The van der Waals surface area contributed by atoms with Gasteiger partial charge in [-0.2, -0.15) is 0 Å². The van der Waals surface area contributed by atoms with Gasteiger partial charge in [0.25, 0.3) is 0 Å². The second kappa shape index (κ2) is 3.23. The summed E-state index contributed by atoms with van der Waals surface area (Å²) in [7, 11) is 0. The maximum Gasteiger partial charge on any atom is 0.159 e. The molecule has 0 aromatic heterocycles. The van der Waals surface area contributed by atoms with Crippen LogP contribution >= 0.6 is 0 Å². The third kappa shape index (κ3) is 1.94. The van der Waals surface area contributed by atoms with E-state index in [-0.39, 0.29) is 11.4 Å². The van der Waals surface area contributed by atoms with Gasteiger partial charge in [0, 0.05) is 11.1 Å². The fraction of sp³-hybridized carbons (Fsp3) is 0.308. The Morgan fingerprint density at radius 2 is 2.07 bits per heavy atom. The Morgan fingerprint density at radius 3 is 2.73 bits per heavy atom. The molecule has 0 unspecified atom stereocenters. The number of hydrogen-bond acceptors (Lipinski definition) is 2. The normalized spacial score (nSPS) is 16.7. The van der Waals surface area contributed by atoms with Crippen molar-refractivity contribution in [2.75, 3.05) is 0 Å². The molecule has 0 saturated heterocycles. The first-order valence-corrected chi connectivity index (χ1v) is 5.01. The van der Waals surface area contributed by atoms with E-state index in [2.05, 4.69) is 0 Å². The maximum atomic E-state index is 11.2. The van der Waals surface area contributed by atoms with Gasteiger partial charge in [0.1, 0.15) is 11.4 Å². The van der Waals surface area contributed by atoms with Crippen LogP contribution in [0, 0.1) is 0 Å². The van der Waals surface area contributed by atoms with Crippen molar-refractivity contribution < 1.29 is 9.53 Å². The van der Waals surface area contributed by atoms with Crippen LogP contribution in [-0.4, -0.2) is 11.4 Å². The predicted molar refractivity (Wildman–Crippen MR) is 60.2 cm³/mol. The van der Waals surface area contributed by atoms with Gasteiger partial charge in [0.05, 0.1) is 0 Å². The summed E-state index contributed by atoms with van der Waals surface area (Å²) in [5.74, 6) is 0.851. The molecule has 1 heterocycles. The van der Waals surface area contributed by atoms with E-state index in [1.54, 1.807) is 6.92 Å². The van der Waals surface area contributed by atoms with Gasteiger partial charge in [-0.05, 0) is 32.9 Å². The highest BCUT2D eigenvalue weighted by Crippen LogP contribution is 2.31. The minimum absolute atomic E-state index is 0.0637. The fourth-order valence-electron chi connectivity index (χ4n) is 1.59. The van der Waals surface area contributed by atoms with Crippen molar-refractivity contribution >= 4 is 11.9 Å². The molecule has 0 amide bonds. The average Bonchev–Trinajstić information content (AvgIpc) is 2.15. The zero-order chi connectivity index (χ0) is 11.1. The van der Waals surface area contributed by atoms with Crippen molar-refractivity contribution in [2.45, 2.75) is 26.4 Å². The summed E-state index contributed by atoms with van der Waals surface area (Å²) in [6.45, 7) is 5.55. The molecule has 78 valence electrons. The molecule has 0 bridgehead atoms. The lowest BCUT2D eigenvalue weighted by Gasteiger charge is -2.27. The first-order valence-electron chi connectivity index (χ1n) is 5.01. The summed E-state index contributed by atoms with van der Waals surface area (Å²) in [4.78, 5) is 11.2. The van der Waals surface area contributed by atoms with Gasteiger partial charge >= 0.3 is 0 Å². The van der Waals surface area contributed by atoms with E-state index in [1.807, 2.05) is 44.2 Å². The van der Waals surface area contributed by atoms with Crippen molar-refractivity contribution in [3.05, 3.63) is 35.4 Å². The third-order valence-electron chi connectivity index (χ3n) is 2.46. The van der Waals surface area contributed by atoms with E-state index < -0.39 is 0 Å². The molecule has 1 aliphatic heterocycles. The number of ether oxygens (including phenoxy) is 1. The highest BCUT2D eigenvalue weighted by atomic mass is 16.5. The summed E-state index contributed by atoms with van der Waals surface area (Å²) in [6, 6.07) is 5.55. The Labute approximate surface area is 89.6 Å². The lowest BCUT2D eigenvalue weighted by atomic mass is 10.0. The maximum absolute atomic E-state index is 11.2. The van der Waals surface area contributed by atoms with Crippen molar-refractivity contribution in [1.29, 1.82) is 0 Å². The monoisotopic (exact) mass is 202 g/mol. The highest BCUT2D eigenvalue weighted by molar-refractivity contribution is 5.94. The first kappa shape index (κ1) is 9.97. The number of carbonyl (C=O) groups is 1. The second-order valence-electron chi connectivity index (χ2n) is 4.35. The van der Waals surface area contributed by atoms with Gasteiger partial charge in [-0.15, -0.1) is 0 Å². The quantitative estimate of drug-likeness (QED) is 0.654. The predicted octanol–water partition coefficient (Wildman–Crippen LogP) is 3.07. The molecule has 0 saturated carbocycles. The Balaban J connectivity index is 2.46. The van der Waals surface area contributed by atoms with Gasteiger partial charge in [-0.1, -0.05) is 18.2 Å². The van der Waals surface area contributed by atoms with Gasteiger partial charge in [-0.25, -0.2) is 0 Å². The summed E-state index contributed by atoms with van der Waals surface area (Å²) < 4.78 is 5.77. The molecular weight excluding hydrogens is 188 g/mol. The number of hydrogen-bond donors (Lipinski definition) is 0. The highest BCUT2D eigenvalue weighted by Gasteiger charge is 2.21. The van der Waals surface area contributed by atoms with Crippen LogP contribution in [0.15, 0.2) is 24.3 Å². The fourth-order valence-corrected chi connectivity index (χ4v) is 1.59. The van der Waals surface area contributed by atoms with E-state index in [1.165, 1.54) is 0 Å². The van der Waals surface area contributed by atoms with E-state index in [0.29, 0.717) is 5.56 Å². The number of rotatable bonds is 1. The van der Waals surface area contributed by atoms with Crippen LogP contribution in [0.25, 0.3) is 6.08 Å².